The summed E-state index contributed by atoms with van der Waals surface area (Å²) in [6.07, 6.45) is 5.05. The fraction of sp³-hybridized carbons (Fsp3) is 0.333. The number of rotatable bonds is 7. The first-order valence-electron chi connectivity index (χ1n) is 7.83. The van der Waals surface area contributed by atoms with E-state index in [-0.39, 0.29) is 0 Å². The van der Waals surface area contributed by atoms with Gasteiger partial charge in [0, 0.05) is 0 Å². The molecule has 2 aromatic carbocycles. The van der Waals surface area contributed by atoms with Gasteiger partial charge in [-0.15, -0.1) is 5.23 Å². The lowest BCUT2D eigenvalue weighted by molar-refractivity contribution is -0.104. The first-order chi connectivity index (χ1) is 10.9. The lowest BCUT2D eigenvalue weighted by atomic mass is 10.3. The van der Waals surface area contributed by atoms with Crippen molar-refractivity contribution in [3.8, 4) is 11.5 Å². The maximum absolute atomic E-state index is 5.83. The zero-order chi connectivity index (χ0) is 14.8. The first-order valence-corrected chi connectivity index (χ1v) is 7.83. The second kappa shape index (κ2) is 5.99. The van der Waals surface area contributed by atoms with Gasteiger partial charge < -0.3 is 4.74 Å². The Kier molecular flexibility index (Phi) is 3.70. The third-order valence-electron chi connectivity index (χ3n) is 3.56. The highest BCUT2D eigenvalue weighted by Crippen LogP contribution is 2.33. The molecule has 0 amide bonds. The second-order valence-corrected chi connectivity index (χ2v) is 5.78. The Labute approximate surface area is 130 Å². The fourth-order valence-electron chi connectivity index (χ4n) is 2.02. The molecule has 2 saturated carbocycles. The van der Waals surface area contributed by atoms with Crippen LogP contribution in [0.1, 0.15) is 25.7 Å². The monoisotopic (exact) mass is 297 g/mol. The van der Waals surface area contributed by atoms with E-state index >= 15 is 0 Å². The van der Waals surface area contributed by atoms with Crippen molar-refractivity contribution in [1.29, 1.82) is 0 Å². The summed E-state index contributed by atoms with van der Waals surface area (Å²) in [5.41, 5.74) is 0.902. The molecule has 0 N–H and O–H groups in total. The Hall–Kier alpha value is -2.04. The molecule has 0 radical (unpaired) electrons. The van der Waals surface area contributed by atoms with E-state index in [4.69, 9.17) is 14.4 Å². The van der Waals surface area contributed by atoms with Crippen LogP contribution in [-0.4, -0.2) is 12.2 Å². The van der Waals surface area contributed by atoms with Gasteiger partial charge in [-0.25, -0.2) is 9.68 Å². The number of ether oxygens (including phenoxy) is 1. The Morgan fingerprint density at radius 2 is 1.23 bits per heavy atom. The van der Waals surface area contributed by atoms with Gasteiger partial charge in [-0.3, -0.25) is 0 Å². The molecular weight excluding hydrogens is 278 g/mol. The summed E-state index contributed by atoms with van der Waals surface area (Å²) in [4.78, 5) is 11.7. The van der Waals surface area contributed by atoms with Gasteiger partial charge >= 0.3 is 0 Å². The van der Waals surface area contributed by atoms with E-state index in [9.17, 15) is 0 Å². The molecule has 0 bridgehead atoms. The maximum Gasteiger partial charge on any atom is 0.127 e. The van der Waals surface area contributed by atoms with Gasteiger partial charge in [0.15, 0.2) is 0 Å². The molecule has 4 heteroatoms. The van der Waals surface area contributed by atoms with Gasteiger partial charge in [0.2, 0.25) is 0 Å². The van der Waals surface area contributed by atoms with Crippen molar-refractivity contribution in [3.63, 3.8) is 0 Å². The molecule has 2 aliphatic rings. The van der Waals surface area contributed by atoms with Crippen LogP contribution in [0.2, 0.25) is 0 Å². The van der Waals surface area contributed by atoms with Crippen molar-refractivity contribution in [2.24, 2.45) is 0 Å². The van der Waals surface area contributed by atoms with Crippen molar-refractivity contribution < 1.29 is 14.4 Å². The SMILES string of the molecule is c1ccc(Oc2ccc(N(OC3CC3)OC3CC3)cc2)cc1. The Morgan fingerprint density at radius 1 is 0.682 bits per heavy atom. The topological polar surface area (TPSA) is 30.9 Å². The fourth-order valence-corrected chi connectivity index (χ4v) is 2.02. The Bertz CT molecular complexity index is 592. The number of hydrogen-bond acceptors (Lipinski definition) is 4. The van der Waals surface area contributed by atoms with Gasteiger partial charge in [-0.1, -0.05) is 18.2 Å². The van der Waals surface area contributed by atoms with E-state index in [2.05, 4.69) is 0 Å². The van der Waals surface area contributed by atoms with Crippen molar-refractivity contribution in [3.05, 3.63) is 54.6 Å². The standard InChI is InChI=1S/C18H19NO3/c1-2-4-15(5-3-1)20-16-8-6-14(7-9-16)19(21-17-10-11-17)22-18-12-13-18/h1-9,17-18H,10-13H2. The van der Waals surface area contributed by atoms with Crippen LogP contribution in [-0.2, 0) is 9.68 Å². The van der Waals surface area contributed by atoms with Crippen molar-refractivity contribution in [2.45, 2.75) is 37.9 Å². The molecule has 4 nitrogen and oxygen atoms in total. The summed E-state index contributed by atoms with van der Waals surface area (Å²) in [7, 11) is 0. The van der Waals surface area contributed by atoms with Crippen LogP contribution in [0.25, 0.3) is 0 Å². The molecule has 2 aliphatic carbocycles. The highest BCUT2D eigenvalue weighted by Gasteiger charge is 2.31. The van der Waals surface area contributed by atoms with E-state index in [0.717, 1.165) is 42.9 Å². The highest BCUT2D eigenvalue weighted by atomic mass is 17.0. The molecule has 0 atom stereocenters. The van der Waals surface area contributed by atoms with Gasteiger partial charge in [0.1, 0.15) is 11.5 Å². The molecule has 0 heterocycles. The van der Waals surface area contributed by atoms with Crippen LogP contribution in [0.3, 0.4) is 0 Å². The molecule has 0 saturated heterocycles. The predicted molar refractivity (Wildman–Crippen MR) is 83.7 cm³/mol. The highest BCUT2D eigenvalue weighted by molar-refractivity contribution is 5.46. The molecule has 2 aromatic rings. The maximum atomic E-state index is 5.83. The molecule has 22 heavy (non-hydrogen) atoms. The van der Waals surface area contributed by atoms with Crippen molar-refractivity contribution in [1.82, 2.24) is 0 Å². The predicted octanol–water partition coefficient (Wildman–Crippen LogP) is 4.47. The van der Waals surface area contributed by atoms with E-state index < -0.39 is 0 Å². The molecule has 0 unspecified atom stereocenters. The van der Waals surface area contributed by atoms with Gasteiger partial charge in [0.05, 0.1) is 17.9 Å². The number of hydrogen-bond donors (Lipinski definition) is 0. The molecule has 114 valence electrons. The van der Waals surface area contributed by atoms with Crippen LogP contribution in [0.4, 0.5) is 5.69 Å². The van der Waals surface area contributed by atoms with Crippen LogP contribution in [0.5, 0.6) is 11.5 Å². The molecular formula is C18H19NO3. The zero-order valence-corrected chi connectivity index (χ0v) is 12.4. The third kappa shape index (κ3) is 3.59. The first kappa shape index (κ1) is 13.6. The lowest BCUT2D eigenvalue weighted by Gasteiger charge is -2.22. The van der Waals surface area contributed by atoms with Gasteiger partial charge in [-0.05, 0) is 62.1 Å². The molecule has 2 fully saturated rings. The van der Waals surface area contributed by atoms with Crippen LogP contribution in [0.15, 0.2) is 54.6 Å². The molecule has 0 spiro atoms. The zero-order valence-electron chi connectivity index (χ0n) is 12.4. The smallest absolute Gasteiger partial charge is 0.127 e. The summed E-state index contributed by atoms with van der Waals surface area (Å²) >= 11 is 0. The van der Waals surface area contributed by atoms with Crippen molar-refractivity contribution >= 4 is 5.69 Å². The number of nitrogens with zero attached hydrogens (tertiary/aromatic N) is 1. The Morgan fingerprint density at radius 3 is 1.77 bits per heavy atom. The minimum absolute atomic E-state index is 0.305. The second-order valence-electron chi connectivity index (χ2n) is 5.78. The molecule has 4 rings (SSSR count). The number of anilines is 1. The number of benzene rings is 2. The molecule has 0 aromatic heterocycles. The third-order valence-corrected chi connectivity index (χ3v) is 3.56. The summed E-state index contributed by atoms with van der Waals surface area (Å²) in [6.45, 7) is 0. The molecule has 0 aliphatic heterocycles. The van der Waals surface area contributed by atoms with E-state index in [1.54, 1.807) is 5.23 Å². The largest absolute Gasteiger partial charge is 0.457 e. The van der Waals surface area contributed by atoms with Crippen LogP contribution < -0.4 is 9.96 Å². The normalized spacial score (nSPS) is 17.3. The van der Waals surface area contributed by atoms with E-state index in [0.29, 0.717) is 12.2 Å². The van der Waals surface area contributed by atoms with Crippen LogP contribution in [0, 0.1) is 0 Å². The van der Waals surface area contributed by atoms with Crippen LogP contribution >= 0.6 is 0 Å². The summed E-state index contributed by atoms with van der Waals surface area (Å²) in [6, 6.07) is 17.5. The Balaban J connectivity index is 1.44. The quantitative estimate of drug-likeness (QED) is 0.705. The van der Waals surface area contributed by atoms with Gasteiger partial charge in [-0.2, -0.15) is 0 Å². The van der Waals surface area contributed by atoms with E-state index in [1.807, 2.05) is 54.6 Å². The van der Waals surface area contributed by atoms with Gasteiger partial charge in [0.25, 0.3) is 0 Å². The average Bonchev–Trinajstić information content (AvgIpc) is 3.44. The minimum Gasteiger partial charge on any atom is -0.457 e. The summed E-state index contributed by atoms with van der Waals surface area (Å²) < 4.78 is 5.80. The summed E-state index contributed by atoms with van der Waals surface area (Å²) in [5, 5.41) is 1.58. The average molecular weight is 297 g/mol. The number of para-hydroxylation sites is 1. The van der Waals surface area contributed by atoms with E-state index in [1.165, 1.54) is 0 Å². The van der Waals surface area contributed by atoms with Crippen molar-refractivity contribution in [2.75, 3.05) is 5.23 Å². The lowest BCUT2D eigenvalue weighted by Crippen LogP contribution is -2.26. The minimum atomic E-state index is 0.305. The summed E-state index contributed by atoms with van der Waals surface area (Å²) in [5.74, 6) is 1.63.